The number of ether oxygens (including phenoxy) is 1. The highest BCUT2D eigenvalue weighted by molar-refractivity contribution is 6.06. The fraction of sp³-hybridized carbons (Fsp3) is 0.323. The van der Waals surface area contributed by atoms with Crippen LogP contribution in [0.1, 0.15) is 43.0 Å². The van der Waals surface area contributed by atoms with Crippen LogP contribution in [0.3, 0.4) is 0 Å². The van der Waals surface area contributed by atoms with Gasteiger partial charge < -0.3 is 25.3 Å². The van der Waals surface area contributed by atoms with Crippen LogP contribution in [0.4, 0.5) is 5.69 Å². The van der Waals surface area contributed by atoms with Gasteiger partial charge in [-0.25, -0.2) is 4.98 Å². The summed E-state index contributed by atoms with van der Waals surface area (Å²) in [7, 11) is 5.07. The maximum absolute atomic E-state index is 13.2. The summed E-state index contributed by atoms with van der Waals surface area (Å²) in [6.07, 6.45) is 8.29. The number of aromatic amines is 1. The van der Waals surface area contributed by atoms with Gasteiger partial charge in [-0.1, -0.05) is 37.1 Å². The van der Waals surface area contributed by atoms with E-state index in [1.165, 1.54) is 17.7 Å². The normalized spacial score (nSPS) is 14.4. The fourth-order valence-electron chi connectivity index (χ4n) is 5.26. The average Bonchev–Trinajstić information content (AvgIpc) is 3.62. The van der Waals surface area contributed by atoms with E-state index >= 15 is 0 Å². The van der Waals surface area contributed by atoms with Gasteiger partial charge in [-0.05, 0) is 49.6 Å². The molecule has 1 aliphatic carbocycles. The van der Waals surface area contributed by atoms with E-state index in [0.717, 1.165) is 51.9 Å². The number of methoxy groups -OCH3 is 1. The predicted octanol–water partition coefficient (Wildman–Crippen LogP) is 5.47. The van der Waals surface area contributed by atoms with Crippen LogP contribution in [0.15, 0.2) is 60.9 Å². The van der Waals surface area contributed by atoms with E-state index in [1.54, 1.807) is 33.5 Å². The monoisotopic (exact) mass is 525 g/mol. The summed E-state index contributed by atoms with van der Waals surface area (Å²) >= 11 is 0. The number of para-hydroxylation sites is 1. The molecule has 8 nitrogen and oxygen atoms in total. The second-order valence-electron chi connectivity index (χ2n) is 10.3. The fourth-order valence-corrected chi connectivity index (χ4v) is 5.26. The quantitative estimate of drug-likeness (QED) is 0.283. The number of amides is 2. The average molecular weight is 526 g/mol. The highest BCUT2D eigenvalue weighted by Gasteiger charge is 2.23. The third-order valence-corrected chi connectivity index (χ3v) is 7.41. The number of carbonyl (C=O) groups is 2. The Balaban J connectivity index is 1.48. The summed E-state index contributed by atoms with van der Waals surface area (Å²) in [6, 6.07) is 15.5. The van der Waals surface area contributed by atoms with E-state index in [0.29, 0.717) is 17.3 Å². The third-order valence-electron chi connectivity index (χ3n) is 7.41. The smallest absolute Gasteiger partial charge is 0.255 e. The van der Waals surface area contributed by atoms with E-state index in [2.05, 4.69) is 26.7 Å². The van der Waals surface area contributed by atoms with Crippen molar-refractivity contribution in [1.29, 1.82) is 0 Å². The predicted molar refractivity (Wildman–Crippen MR) is 155 cm³/mol. The number of fused-ring (bicyclic) bond motifs is 1. The number of aromatic nitrogens is 2. The van der Waals surface area contributed by atoms with Crippen LogP contribution in [-0.4, -0.2) is 60.0 Å². The summed E-state index contributed by atoms with van der Waals surface area (Å²) in [6.45, 7) is 1.87. The van der Waals surface area contributed by atoms with Crippen LogP contribution in [0.25, 0.3) is 33.3 Å². The summed E-state index contributed by atoms with van der Waals surface area (Å²) in [5.74, 6) is 0.438. The molecule has 2 aromatic carbocycles. The van der Waals surface area contributed by atoms with Crippen molar-refractivity contribution in [3.8, 4) is 28.0 Å². The summed E-state index contributed by atoms with van der Waals surface area (Å²) in [5, 5.41) is 7.35. The molecule has 1 atom stereocenters. The number of benzene rings is 2. The molecule has 0 radical (unpaired) electrons. The van der Waals surface area contributed by atoms with Crippen LogP contribution < -0.4 is 15.4 Å². The molecule has 0 saturated heterocycles. The Bertz CT molecular complexity index is 1500. The van der Waals surface area contributed by atoms with Gasteiger partial charge in [-0.15, -0.1) is 0 Å². The number of hydrogen-bond acceptors (Lipinski definition) is 5. The minimum atomic E-state index is -0.358. The second-order valence-corrected chi connectivity index (χ2v) is 10.3. The topological polar surface area (TPSA) is 99.3 Å². The Morgan fingerprint density at radius 2 is 1.82 bits per heavy atom. The van der Waals surface area contributed by atoms with Gasteiger partial charge >= 0.3 is 0 Å². The van der Waals surface area contributed by atoms with Crippen molar-refractivity contribution in [3.05, 3.63) is 66.5 Å². The molecule has 0 bridgehead atoms. The number of nitrogens with one attached hydrogen (secondary N) is 3. The standard InChI is InChI=1S/C31H35N5O3/c1-19(34-22-9-5-6-10-22)30(37)35-27-14-13-20(15-25(27)31(38)36(2)3)21-16-24-26(18-33-29(24)32-17-21)23-11-7-8-12-28(23)39-4/h7-8,11-19,22,34H,5-6,9-10H2,1-4H3,(H,32,33)(H,35,37)/t19-/m1/s1. The molecule has 2 heterocycles. The van der Waals surface area contributed by atoms with Crippen molar-refractivity contribution >= 4 is 28.5 Å². The van der Waals surface area contributed by atoms with E-state index in [9.17, 15) is 9.59 Å². The Kier molecular flexibility index (Phi) is 7.65. The van der Waals surface area contributed by atoms with Crippen molar-refractivity contribution in [2.24, 2.45) is 0 Å². The van der Waals surface area contributed by atoms with Crippen LogP contribution in [0.5, 0.6) is 5.75 Å². The van der Waals surface area contributed by atoms with Crippen LogP contribution in [0, 0.1) is 0 Å². The van der Waals surface area contributed by atoms with Crippen molar-refractivity contribution in [2.75, 3.05) is 26.5 Å². The summed E-state index contributed by atoms with van der Waals surface area (Å²) in [4.78, 5) is 35.6. The zero-order valence-corrected chi connectivity index (χ0v) is 22.9. The van der Waals surface area contributed by atoms with Gasteiger partial charge in [-0.3, -0.25) is 9.59 Å². The first-order valence-electron chi connectivity index (χ1n) is 13.4. The number of hydrogen-bond donors (Lipinski definition) is 3. The highest BCUT2D eigenvalue weighted by atomic mass is 16.5. The molecule has 4 aromatic rings. The van der Waals surface area contributed by atoms with Crippen molar-refractivity contribution < 1.29 is 14.3 Å². The van der Waals surface area contributed by atoms with E-state index in [4.69, 9.17) is 4.74 Å². The first-order chi connectivity index (χ1) is 18.9. The molecule has 3 N–H and O–H groups in total. The Morgan fingerprint density at radius 1 is 1.05 bits per heavy atom. The molecule has 39 heavy (non-hydrogen) atoms. The van der Waals surface area contributed by atoms with Crippen LogP contribution >= 0.6 is 0 Å². The Hall–Kier alpha value is -4.17. The van der Waals surface area contributed by atoms with Gasteiger partial charge in [0.1, 0.15) is 11.4 Å². The number of rotatable bonds is 8. The van der Waals surface area contributed by atoms with Gasteiger partial charge in [0.15, 0.2) is 0 Å². The van der Waals surface area contributed by atoms with Crippen molar-refractivity contribution in [3.63, 3.8) is 0 Å². The number of nitrogens with zero attached hydrogens (tertiary/aromatic N) is 2. The molecule has 5 rings (SSSR count). The molecule has 2 aromatic heterocycles. The molecule has 1 saturated carbocycles. The summed E-state index contributed by atoms with van der Waals surface area (Å²) in [5.41, 5.74) is 5.32. The maximum atomic E-state index is 13.2. The molecule has 2 amide bonds. The lowest BCUT2D eigenvalue weighted by atomic mass is 9.99. The zero-order chi connectivity index (χ0) is 27.5. The number of carbonyl (C=O) groups excluding carboxylic acids is 2. The van der Waals surface area contributed by atoms with Gasteiger partial charge in [-0.2, -0.15) is 0 Å². The minimum Gasteiger partial charge on any atom is -0.496 e. The molecule has 0 spiro atoms. The zero-order valence-electron chi connectivity index (χ0n) is 22.9. The molecular weight excluding hydrogens is 490 g/mol. The molecule has 0 aliphatic heterocycles. The largest absolute Gasteiger partial charge is 0.496 e. The lowest BCUT2D eigenvalue weighted by Crippen LogP contribution is -2.43. The minimum absolute atomic E-state index is 0.153. The highest BCUT2D eigenvalue weighted by Crippen LogP contribution is 2.36. The van der Waals surface area contributed by atoms with Gasteiger partial charge in [0.2, 0.25) is 5.91 Å². The summed E-state index contributed by atoms with van der Waals surface area (Å²) < 4.78 is 5.58. The van der Waals surface area contributed by atoms with Crippen molar-refractivity contribution in [2.45, 2.75) is 44.7 Å². The van der Waals surface area contributed by atoms with E-state index < -0.39 is 0 Å². The number of H-pyrrole nitrogens is 1. The van der Waals surface area contributed by atoms with Crippen LogP contribution in [-0.2, 0) is 4.79 Å². The van der Waals surface area contributed by atoms with E-state index in [-0.39, 0.29) is 17.9 Å². The molecule has 8 heteroatoms. The van der Waals surface area contributed by atoms with Crippen LogP contribution in [0.2, 0.25) is 0 Å². The second kappa shape index (κ2) is 11.3. The first-order valence-corrected chi connectivity index (χ1v) is 13.4. The van der Waals surface area contributed by atoms with Gasteiger partial charge in [0, 0.05) is 54.6 Å². The molecule has 1 aliphatic rings. The lowest BCUT2D eigenvalue weighted by Gasteiger charge is -2.21. The lowest BCUT2D eigenvalue weighted by molar-refractivity contribution is -0.117. The number of anilines is 1. The Labute approximate surface area is 228 Å². The SMILES string of the molecule is COc1ccccc1-c1c[nH]c2ncc(-c3ccc(NC(=O)[C@@H](C)NC4CCCC4)c(C(=O)N(C)C)c3)cc12. The molecular formula is C31H35N5O3. The maximum Gasteiger partial charge on any atom is 0.255 e. The first kappa shape index (κ1) is 26.4. The molecule has 1 fully saturated rings. The Morgan fingerprint density at radius 3 is 2.56 bits per heavy atom. The molecule has 202 valence electrons. The van der Waals surface area contributed by atoms with E-state index in [1.807, 2.05) is 49.5 Å². The van der Waals surface area contributed by atoms with Crippen molar-refractivity contribution in [1.82, 2.24) is 20.2 Å². The van der Waals surface area contributed by atoms with Gasteiger partial charge in [0.05, 0.1) is 24.4 Å². The third kappa shape index (κ3) is 5.52. The number of pyridine rings is 1. The molecule has 0 unspecified atom stereocenters. The van der Waals surface area contributed by atoms with Gasteiger partial charge in [0.25, 0.3) is 5.91 Å².